The summed E-state index contributed by atoms with van der Waals surface area (Å²) in [7, 11) is 0. The van der Waals surface area contributed by atoms with Gasteiger partial charge in [-0.15, -0.1) is 0 Å². The molecule has 0 saturated heterocycles. The molecular formula is C8H7NO3. The van der Waals surface area contributed by atoms with E-state index < -0.39 is 0 Å². The van der Waals surface area contributed by atoms with Crippen molar-refractivity contribution < 1.29 is 14.3 Å². The second kappa shape index (κ2) is 1.97. The molecule has 1 amide bonds. The summed E-state index contributed by atoms with van der Waals surface area (Å²) in [6.07, 6.45) is 0. The summed E-state index contributed by atoms with van der Waals surface area (Å²) in [5.41, 5.74) is 1.35. The number of furan rings is 1. The second-order valence-electron chi connectivity index (χ2n) is 2.72. The Morgan fingerprint density at radius 3 is 2.58 bits per heavy atom. The van der Waals surface area contributed by atoms with Crippen LogP contribution in [0.15, 0.2) is 9.41 Å². The van der Waals surface area contributed by atoms with Crippen LogP contribution in [-0.4, -0.2) is 16.7 Å². The van der Waals surface area contributed by atoms with Crippen LogP contribution in [0.1, 0.15) is 28.6 Å². The van der Waals surface area contributed by atoms with E-state index in [1.807, 2.05) is 0 Å². The molecule has 0 atom stereocenters. The second-order valence-corrected chi connectivity index (χ2v) is 2.72. The highest BCUT2D eigenvalue weighted by molar-refractivity contribution is 6.22. The molecule has 0 bridgehead atoms. The Morgan fingerprint density at radius 1 is 1.33 bits per heavy atom. The van der Waals surface area contributed by atoms with Crippen molar-refractivity contribution in [3.63, 3.8) is 0 Å². The number of carbonyl (C=O) groups excluding carboxylic acids is 1. The van der Waals surface area contributed by atoms with Crippen LogP contribution in [0.3, 0.4) is 0 Å². The molecule has 2 rings (SSSR count). The normalized spacial score (nSPS) is 14.8. The van der Waals surface area contributed by atoms with Crippen LogP contribution in [-0.2, 0) is 0 Å². The first-order valence-corrected chi connectivity index (χ1v) is 3.53. The van der Waals surface area contributed by atoms with Gasteiger partial charge in [-0.2, -0.15) is 0 Å². The molecule has 4 heteroatoms. The summed E-state index contributed by atoms with van der Waals surface area (Å²) in [6.45, 7) is 3.29. The van der Waals surface area contributed by atoms with E-state index in [-0.39, 0.29) is 11.9 Å². The molecule has 0 unspecified atom stereocenters. The first-order valence-electron chi connectivity index (χ1n) is 3.53. The third kappa shape index (κ3) is 0.664. The van der Waals surface area contributed by atoms with Crippen LogP contribution in [0.2, 0.25) is 0 Å². The van der Waals surface area contributed by atoms with E-state index in [4.69, 9.17) is 4.42 Å². The van der Waals surface area contributed by atoms with Crippen LogP contribution < -0.4 is 0 Å². The molecule has 0 aromatic carbocycles. The molecule has 1 aromatic rings. The van der Waals surface area contributed by atoms with Crippen LogP contribution in [0.5, 0.6) is 5.95 Å². The molecule has 1 aromatic heterocycles. The van der Waals surface area contributed by atoms with Crippen LogP contribution in [0.4, 0.5) is 0 Å². The number of hydrogen-bond acceptors (Lipinski definition) is 3. The first-order chi connectivity index (χ1) is 5.61. The SMILES string of the molecule is CC1=NC(=O)c2c(C)oc(O)c21. The lowest BCUT2D eigenvalue weighted by molar-refractivity contribution is 0.100. The average molecular weight is 165 g/mol. The van der Waals surface area contributed by atoms with Gasteiger partial charge in [0.1, 0.15) is 5.76 Å². The van der Waals surface area contributed by atoms with Crippen molar-refractivity contribution in [1.82, 2.24) is 0 Å². The van der Waals surface area contributed by atoms with Crippen molar-refractivity contribution in [3.05, 3.63) is 16.9 Å². The number of amides is 1. The van der Waals surface area contributed by atoms with Gasteiger partial charge in [0, 0.05) is 0 Å². The minimum Gasteiger partial charge on any atom is -0.480 e. The summed E-state index contributed by atoms with van der Waals surface area (Å²) in [4.78, 5) is 14.8. The van der Waals surface area contributed by atoms with Gasteiger partial charge in [-0.05, 0) is 13.8 Å². The van der Waals surface area contributed by atoms with E-state index in [2.05, 4.69) is 4.99 Å². The number of carbonyl (C=O) groups is 1. The van der Waals surface area contributed by atoms with Crippen molar-refractivity contribution in [2.24, 2.45) is 4.99 Å². The maximum atomic E-state index is 11.2. The smallest absolute Gasteiger partial charge is 0.292 e. The Labute approximate surface area is 68.5 Å². The Kier molecular flexibility index (Phi) is 1.16. The summed E-state index contributed by atoms with van der Waals surface area (Å²) in [5.74, 6) is -0.119. The number of aromatic hydroxyl groups is 1. The number of rotatable bonds is 0. The van der Waals surface area contributed by atoms with Gasteiger partial charge in [0.2, 0.25) is 0 Å². The van der Waals surface area contributed by atoms with Crippen LogP contribution >= 0.6 is 0 Å². The van der Waals surface area contributed by atoms with Gasteiger partial charge in [0.05, 0.1) is 16.8 Å². The molecule has 1 N–H and O–H groups in total. The molecule has 12 heavy (non-hydrogen) atoms. The predicted molar refractivity (Wildman–Crippen MR) is 41.7 cm³/mol. The lowest BCUT2D eigenvalue weighted by Gasteiger charge is -1.87. The number of aliphatic imine (C=N–C) groups is 1. The van der Waals surface area contributed by atoms with Gasteiger partial charge < -0.3 is 9.52 Å². The number of hydrogen-bond donors (Lipinski definition) is 1. The fourth-order valence-electron chi connectivity index (χ4n) is 1.39. The van der Waals surface area contributed by atoms with Crippen molar-refractivity contribution in [1.29, 1.82) is 0 Å². The van der Waals surface area contributed by atoms with Gasteiger partial charge >= 0.3 is 0 Å². The van der Waals surface area contributed by atoms with Crippen LogP contribution in [0, 0.1) is 6.92 Å². The monoisotopic (exact) mass is 165 g/mol. The minimum atomic E-state index is -0.330. The van der Waals surface area contributed by atoms with Crippen molar-refractivity contribution in [2.75, 3.05) is 0 Å². The van der Waals surface area contributed by atoms with Gasteiger partial charge in [-0.3, -0.25) is 4.79 Å². The standard InChI is InChI=1S/C8H7NO3/c1-3-5-6(7(10)9-3)4(2)12-8(5)11/h11H,1-2H3. The highest BCUT2D eigenvalue weighted by Crippen LogP contribution is 2.32. The van der Waals surface area contributed by atoms with Gasteiger partial charge in [-0.25, -0.2) is 4.99 Å². The Morgan fingerprint density at radius 2 is 2.00 bits per heavy atom. The molecule has 0 spiro atoms. The third-order valence-corrected chi connectivity index (χ3v) is 1.91. The molecule has 4 nitrogen and oxygen atoms in total. The van der Waals surface area contributed by atoms with E-state index in [0.717, 1.165) is 0 Å². The number of aryl methyl sites for hydroxylation is 1. The van der Waals surface area contributed by atoms with E-state index in [9.17, 15) is 9.90 Å². The molecule has 0 saturated carbocycles. The molecule has 1 aliphatic heterocycles. The zero-order valence-corrected chi connectivity index (χ0v) is 6.71. The maximum Gasteiger partial charge on any atom is 0.292 e. The fourth-order valence-corrected chi connectivity index (χ4v) is 1.39. The highest BCUT2D eigenvalue weighted by Gasteiger charge is 2.30. The molecule has 2 heterocycles. The number of fused-ring (bicyclic) bond motifs is 1. The third-order valence-electron chi connectivity index (χ3n) is 1.91. The minimum absolute atomic E-state index is 0.213. The van der Waals surface area contributed by atoms with E-state index >= 15 is 0 Å². The Balaban J connectivity index is 2.79. The Bertz CT molecular complexity index is 401. The molecule has 0 fully saturated rings. The number of nitrogens with zero attached hydrogens (tertiary/aromatic N) is 1. The van der Waals surface area contributed by atoms with Crippen molar-refractivity contribution in [3.8, 4) is 5.95 Å². The zero-order chi connectivity index (χ0) is 8.88. The van der Waals surface area contributed by atoms with Gasteiger partial charge in [-0.1, -0.05) is 0 Å². The lowest BCUT2D eigenvalue weighted by atomic mass is 10.1. The van der Waals surface area contributed by atoms with Crippen molar-refractivity contribution in [2.45, 2.75) is 13.8 Å². The maximum absolute atomic E-state index is 11.2. The van der Waals surface area contributed by atoms with E-state index in [0.29, 0.717) is 22.6 Å². The Hall–Kier alpha value is -1.58. The van der Waals surface area contributed by atoms with E-state index in [1.54, 1.807) is 13.8 Å². The highest BCUT2D eigenvalue weighted by atomic mass is 16.5. The first kappa shape index (κ1) is 7.09. The molecule has 0 radical (unpaired) electrons. The topological polar surface area (TPSA) is 62.8 Å². The van der Waals surface area contributed by atoms with Gasteiger partial charge in [0.15, 0.2) is 0 Å². The zero-order valence-electron chi connectivity index (χ0n) is 6.71. The molecule has 0 aliphatic carbocycles. The summed E-state index contributed by atoms with van der Waals surface area (Å²) < 4.78 is 4.88. The summed E-state index contributed by atoms with van der Waals surface area (Å²) in [6, 6.07) is 0. The average Bonchev–Trinajstić information content (AvgIpc) is 2.38. The summed E-state index contributed by atoms with van der Waals surface area (Å²) >= 11 is 0. The largest absolute Gasteiger partial charge is 0.480 e. The van der Waals surface area contributed by atoms with Crippen LogP contribution in [0.25, 0.3) is 0 Å². The fraction of sp³-hybridized carbons (Fsp3) is 0.250. The predicted octanol–water partition coefficient (Wildman–Crippen LogP) is 1.26. The molecule has 1 aliphatic rings. The molecule has 62 valence electrons. The quantitative estimate of drug-likeness (QED) is 0.629. The summed E-state index contributed by atoms with van der Waals surface area (Å²) in [5, 5.41) is 9.24. The molecular weight excluding hydrogens is 158 g/mol. The lowest BCUT2D eigenvalue weighted by Crippen LogP contribution is -1.90. The van der Waals surface area contributed by atoms with Gasteiger partial charge in [0.25, 0.3) is 11.9 Å². The van der Waals surface area contributed by atoms with Crippen molar-refractivity contribution >= 4 is 11.6 Å². The van der Waals surface area contributed by atoms with E-state index in [1.165, 1.54) is 0 Å².